The van der Waals surface area contributed by atoms with Crippen LogP contribution in [-0.4, -0.2) is 28.2 Å². The maximum absolute atomic E-state index is 12.2. The zero-order valence-electron chi connectivity index (χ0n) is 11.8. The molecule has 0 bridgehead atoms. The van der Waals surface area contributed by atoms with Crippen molar-refractivity contribution < 1.29 is 19.2 Å². The van der Waals surface area contributed by atoms with Gasteiger partial charge >= 0.3 is 5.97 Å². The van der Waals surface area contributed by atoms with E-state index in [1.807, 2.05) is 0 Å². The Morgan fingerprint density at radius 3 is 2.65 bits per heavy atom. The van der Waals surface area contributed by atoms with E-state index in [4.69, 9.17) is 9.63 Å². The molecule has 1 aromatic heterocycles. The topological polar surface area (TPSA) is 92.4 Å². The number of carbonyl (C=O) groups is 2. The minimum absolute atomic E-state index is 0.311. The quantitative estimate of drug-likeness (QED) is 0.820. The molecule has 0 aliphatic heterocycles. The van der Waals surface area contributed by atoms with Crippen LogP contribution in [0.2, 0.25) is 0 Å². The van der Waals surface area contributed by atoms with Crippen molar-refractivity contribution in [1.82, 2.24) is 10.5 Å². The summed E-state index contributed by atoms with van der Waals surface area (Å²) in [5.74, 6) is -1.13. The number of hydrogen-bond acceptors (Lipinski definition) is 4. The molecule has 110 valence electrons. The predicted molar refractivity (Wildman–Crippen MR) is 71.5 cm³/mol. The summed E-state index contributed by atoms with van der Waals surface area (Å²) in [7, 11) is 0. The Bertz CT molecular complexity index is 509. The van der Waals surface area contributed by atoms with Gasteiger partial charge in [0.25, 0.3) is 5.91 Å². The first-order chi connectivity index (χ1) is 9.50. The van der Waals surface area contributed by atoms with Crippen molar-refractivity contribution in [3.05, 3.63) is 17.0 Å². The number of nitrogens with one attached hydrogen (secondary N) is 1. The number of amides is 1. The van der Waals surface area contributed by atoms with Gasteiger partial charge in [-0.3, -0.25) is 9.59 Å². The smallest absolute Gasteiger partial charge is 0.308 e. The molecule has 20 heavy (non-hydrogen) atoms. The number of hydrogen-bond donors (Lipinski definition) is 2. The maximum Gasteiger partial charge on any atom is 0.308 e. The summed E-state index contributed by atoms with van der Waals surface area (Å²) in [5, 5.41) is 15.5. The minimum Gasteiger partial charge on any atom is -0.481 e. The third-order valence-electron chi connectivity index (χ3n) is 3.91. The Morgan fingerprint density at radius 1 is 1.25 bits per heavy atom. The van der Waals surface area contributed by atoms with Crippen LogP contribution in [0.25, 0.3) is 0 Å². The van der Waals surface area contributed by atoms with E-state index in [9.17, 15) is 9.59 Å². The first-order valence-corrected chi connectivity index (χ1v) is 7.01. The Hall–Kier alpha value is -1.85. The number of fused-ring (bicyclic) bond motifs is 1. The zero-order valence-corrected chi connectivity index (χ0v) is 11.8. The molecule has 1 aliphatic carbocycles. The lowest BCUT2D eigenvalue weighted by Gasteiger charge is -2.17. The van der Waals surface area contributed by atoms with Gasteiger partial charge in [-0.15, -0.1) is 0 Å². The largest absolute Gasteiger partial charge is 0.481 e. The molecule has 6 heteroatoms. The van der Waals surface area contributed by atoms with Gasteiger partial charge in [-0.05, 0) is 33.1 Å². The first kappa shape index (κ1) is 14.6. The van der Waals surface area contributed by atoms with Gasteiger partial charge in [-0.25, -0.2) is 0 Å². The molecule has 0 spiro atoms. The molecule has 0 fully saturated rings. The molecule has 2 N–H and O–H groups in total. The van der Waals surface area contributed by atoms with Crippen LogP contribution in [0.4, 0.5) is 0 Å². The number of carboxylic acids is 1. The summed E-state index contributed by atoms with van der Waals surface area (Å²) >= 11 is 0. The average molecular weight is 280 g/mol. The van der Waals surface area contributed by atoms with Crippen molar-refractivity contribution in [1.29, 1.82) is 0 Å². The number of rotatable bonds is 4. The standard InChI is InChI=1S/C14H20N2O4/c1-8(14(18)19)9(2)15-13(17)12-10-6-4-3-5-7-11(10)20-16-12/h8-9H,3-7H2,1-2H3,(H,15,17)(H,18,19). The van der Waals surface area contributed by atoms with Crippen molar-refractivity contribution in [2.24, 2.45) is 5.92 Å². The fourth-order valence-corrected chi connectivity index (χ4v) is 2.35. The van der Waals surface area contributed by atoms with Crippen LogP contribution in [0, 0.1) is 5.92 Å². The molecule has 1 aromatic rings. The zero-order chi connectivity index (χ0) is 14.7. The molecule has 1 heterocycles. The van der Waals surface area contributed by atoms with Gasteiger partial charge in [-0.1, -0.05) is 11.6 Å². The highest BCUT2D eigenvalue weighted by molar-refractivity contribution is 5.94. The van der Waals surface area contributed by atoms with Crippen LogP contribution in [0.15, 0.2) is 4.52 Å². The van der Waals surface area contributed by atoms with Crippen LogP contribution in [0.3, 0.4) is 0 Å². The van der Waals surface area contributed by atoms with Gasteiger partial charge in [0.2, 0.25) is 0 Å². The van der Waals surface area contributed by atoms with Crippen LogP contribution >= 0.6 is 0 Å². The van der Waals surface area contributed by atoms with E-state index in [2.05, 4.69) is 10.5 Å². The van der Waals surface area contributed by atoms with E-state index < -0.39 is 17.9 Å². The molecule has 1 aliphatic rings. The lowest BCUT2D eigenvalue weighted by molar-refractivity contribution is -0.141. The SMILES string of the molecule is CC(NC(=O)c1noc2c1CCCCC2)C(C)C(=O)O. The molecule has 2 rings (SSSR count). The van der Waals surface area contributed by atoms with E-state index in [0.29, 0.717) is 5.69 Å². The number of carbonyl (C=O) groups excluding carboxylic acids is 1. The summed E-state index contributed by atoms with van der Waals surface area (Å²) in [6, 6.07) is -0.460. The Morgan fingerprint density at radius 2 is 1.95 bits per heavy atom. The molecule has 1 amide bonds. The summed E-state index contributed by atoms with van der Waals surface area (Å²) in [4.78, 5) is 23.1. The van der Waals surface area contributed by atoms with E-state index in [1.165, 1.54) is 0 Å². The molecular formula is C14H20N2O4. The Labute approximate surface area is 117 Å². The van der Waals surface area contributed by atoms with Crippen molar-refractivity contribution in [2.45, 2.75) is 52.0 Å². The lowest BCUT2D eigenvalue weighted by Crippen LogP contribution is -2.40. The number of aromatic nitrogens is 1. The highest BCUT2D eigenvalue weighted by Gasteiger charge is 2.26. The summed E-state index contributed by atoms with van der Waals surface area (Å²) in [5.41, 5.74) is 1.20. The molecule has 0 saturated carbocycles. The second-order valence-corrected chi connectivity index (χ2v) is 5.38. The third kappa shape index (κ3) is 3.00. The van der Waals surface area contributed by atoms with Crippen LogP contribution in [0.1, 0.15) is 54.9 Å². The van der Waals surface area contributed by atoms with Crippen molar-refractivity contribution >= 4 is 11.9 Å². The highest BCUT2D eigenvalue weighted by atomic mass is 16.5. The summed E-state index contributed by atoms with van der Waals surface area (Å²) in [6.45, 7) is 3.24. The number of carboxylic acid groups (broad SMARTS) is 1. The Kier molecular flexibility index (Phi) is 4.42. The minimum atomic E-state index is -0.934. The fraction of sp³-hybridized carbons (Fsp3) is 0.643. The van der Waals surface area contributed by atoms with Gasteiger partial charge in [0.15, 0.2) is 5.69 Å². The van der Waals surface area contributed by atoms with Crippen LogP contribution < -0.4 is 5.32 Å². The second kappa shape index (κ2) is 6.07. The summed E-state index contributed by atoms with van der Waals surface area (Å²) in [6.07, 6.45) is 4.81. The van der Waals surface area contributed by atoms with Gasteiger partial charge in [0, 0.05) is 18.0 Å². The van der Waals surface area contributed by atoms with Crippen LogP contribution in [-0.2, 0) is 17.6 Å². The molecule has 2 atom stereocenters. The van der Waals surface area contributed by atoms with Gasteiger partial charge in [0.1, 0.15) is 5.76 Å². The van der Waals surface area contributed by atoms with Gasteiger partial charge in [-0.2, -0.15) is 0 Å². The number of aryl methyl sites for hydroxylation is 1. The van der Waals surface area contributed by atoms with Crippen molar-refractivity contribution in [3.63, 3.8) is 0 Å². The molecule has 6 nitrogen and oxygen atoms in total. The van der Waals surface area contributed by atoms with Crippen molar-refractivity contribution in [3.8, 4) is 0 Å². The fourth-order valence-electron chi connectivity index (χ4n) is 2.35. The number of nitrogens with zero attached hydrogens (tertiary/aromatic N) is 1. The van der Waals surface area contributed by atoms with Gasteiger partial charge < -0.3 is 14.9 Å². The monoisotopic (exact) mass is 280 g/mol. The molecule has 0 aromatic carbocycles. The van der Waals surface area contributed by atoms with Crippen molar-refractivity contribution in [2.75, 3.05) is 0 Å². The maximum atomic E-state index is 12.2. The third-order valence-corrected chi connectivity index (χ3v) is 3.91. The normalized spacial score (nSPS) is 17.7. The molecule has 0 radical (unpaired) electrons. The lowest BCUT2D eigenvalue weighted by atomic mass is 10.0. The van der Waals surface area contributed by atoms with E-state index >= 15 is 0 Å². The molecule has 2 unspecified atom stereocenters. The number of aliphatic carboxylic acids is 1. The average Bonchev–Trinajstić information content (AvgIpc) is 2.67. The van der Waals surface area contributed by atoms with Crippen LogP contribution in [0.5, 0.6) is 0 Å². The highest BCUT2D eigenvalue weighted by Crippen LogP contribution is 2.23. The Balaban J connectivity index is 2.10. The van der Waals surface area contributed by atoms with E-state index in [0.717, 1.165) is 43.4 Å². The summed E-state index contributed by atoms with van der Waals surface area (Å²) < 4.78 is 5.25. The first-order valence-electron chi connectivity index (χ1n) is 7.01. The second-order valence-electron chi connectivity index (χ2n) is 5.38. The predicted octanol–water partition coefficient (Wildman–Crippen LogP) is 1.78. The van der Waals surface area contributed by atoms with E-state index in [-0.39, 0.29) is 5.91 Å². The molecular weight excluding hydrogens is 260 g/mol. The molecule has 0 saturated heterocycles. The van der Waals surface area contributed by atoms with Gasteiger partial charge in [0.05, 0.1) is 5.92 Å². The van der Waals surface area contributed by atoms with E-state index in [1.54, 1.807) is 13.8 Å².